The van der Waals surface area contributed by atoms with Gasteiger partial charge in [-0.3, -0.25) is 4.79 Å². The van der Waals surface area contributed by atoms with E-state index in [1.807, 2.05) is 13.1 Å². The molecule has 2 aliphatic rings. The molecule has 96 valence electrons. The summed E-state index contributed by atoms with van der Waals surface area (Å²) in [5, 5.41) is 5.99. The van der Waals surface area contributed by atoms with E-state index in [4.69, 9.17) is 4.74 Å². The summed E-state index contributed by atoms with van der Waals surface area (Å²) in [5.74, 6) is -0.112. The summed E-state index contributed by atoms with van der Waals surface area (Å²) in [6.07, 6.45) is 5.33. The number of nitrogens with zero attached hydrogens (tertiary/aromatic N) is 1. The number of fused-ring (bicyclic) bond motifs is 2. The molecule has 0 aliphatic carbocycles. The van der Waals surface area contributed by atoms with Crippen LogP contribution in [0.2, 0.25) is 0 Å². The molecule has 3 atom stereocenters. The lowest BCUT2D eigenvalue weighted by Crippen LogP contribution is -2.41. The zero-order valence-electron chi connectivity index (χ0n) is 10.3. The van der Waals surface area contributed by atoms with Crippen LogP contribution in [0.25, 0.3) is 0 Å². The topological polar surface area (TPSA) is 63.2 Å². The number of nitrogens with one attached hydrogen (secondary N) is 2. The largest absolute Gasteiger partial charge is 0.387 e. The third kappa shape index (κ3) is 2.06. The molecule has 0 spiro atoms. The normalized spacial score (nSPS) is 29.3. The summed E-state index contributed by atoms with van der Waals surface area (Å²) in [4.78, 5) is 16.2. The average molecular weight is 247 g/mol. The number of anilines is 1. The van der Waals surface area contributed by atoms with E-state index in [9.17, 15) is 4.79 Å². The molecule has 5 heteroatoms. The van der Waals surface area contributed by atoms with Crippen LogP contribution in [0.5, 0.6) is 0 Å². The van der Waals surface area contributed by atoms with Gasteiger partial charge in [0.2, 0.25) is 0 Å². The minimum atomic E-state index is -0.112. The van der Waals surface area contributed by atoms with E-state index >= 15 is 0 Å². The van der Waals surface area contributed by atoms with Gasteiger partial charge in [0.25, 0.3) is 5.91 Å². The number of aromatic nitrogens is 1. The van der Waals surface area contributed by atoms with Gasteiger partial charge >= 0.3 is 0 Å². The van der Waals surface area contributed by atoms with E-state index in [1.165, 1.54) is 0 Å². The van der Waals surface area contributed by atoms with E-state index in [0.29, 0.717) is 11.8 Å². The Hall–Kier alpha value is -1.62. The van der Waals surface area contributed by atoms with Crippen molar-refractivity contribution < 1.29 is 9.53 Å². The fourth-order valence-electron chi connectivity index (χ4n) is 2.71. The quantitative estimate of drug-likeness (QED) is 0.841. The number of carbonyl (C=O) groups is 1. The Morgan fingerprint density at radius 2 is 2.33 bits per heavy atom. The third-order valence-electron chi connectivity index (χ3n) is 3.71. The molecule has 0 radical (unpaired) electrons. The smallest absolute Gasteiger partial charge is 0.270 e. The van der Waals surface area contributed by atoms with Crippen LogP contribution in [-0.4, -0.2) is 36.2 Å². The number of hydrogen-bond donors (Lipinski definition) is 2. The summed E-state index contributed by atoms with van der Waals surface area (Å²) in [5.41, 5.74) is 1.35. The second-order valence-corrected chi connectivity index (χ2v) is 4.87. The Balaban J connectivity index is 1.64. The van der Waals surface area contributed by atoms with Crippen molar-refractivity contribution in [3.8, 4) is 0 Å². The van der Waals surface area contributed by atoms with Crippen LogP contribution in [0.15, 0.2) is 18.3 Å². The lowest BCUT2D eigenvalue weighted by molar-refractivity contribution is 0.0837. The SMILES string of the molecule is CNc1ccc(C(=O)NC2CC3CCC2O3)nc1. The monoisotopic (exact) mass is 247 g/mol. The maximum atomic E-state index is 12.0. The molecule has 3 rings (SSSR count). The predicted octanol–water partition coefficient (Wildman–Crippen LogP) is 1.17. The molecule has 1 amide bonds. The molecule has 2 aliphatic heterocycles. The van der Waals surface area contributed by atoms with Crippen LogP contribution in [-0.2, 0) is 4.74 Å². The fraction of sp³-hybridized carbons (Fsp3) is 0.538. The highest BCUT2D eigenvalue weighted by molar-refractivity contribution is 5.92. The van der Waals surface area contributed by atoms with E-state index < -0.39 is 0 Å². The summed E-state index contributed by atoms with van der Waals surface area (Å²) in [6.45, 7) is 0. The number of hydrogen-bond acceptors (Lipinski definition) is 4. The molecule has 1 aromatic rings. The lowest BCUT2D eigenvalue weighted by atomic mass is 9.95. The maximum absolute atomic E-state index is 12.0. The van der Waals surface area contributed by atoms with Crippen LogP contribution in [0.1, 0.15) is 29.8 Å². The van der Waals surface area contributed by atoms with Crippen molar-refractivity contribution in [1.29, 1.82) is 0 Å². The van der Waals surface area contributed by atoms with E-state index in [0.717, 1.165) is 24.9 Å². The Kier molecular flexibility index (Phi) is 2.91. The van der Waals surface area contributed by atoms with Crippen LogP contribution < -0.4 is 10.6 Å². The Morgan fingerprint density at radius 1 is 1.44 bits per heavy atom. The van der Waals surface area contributed by atoms with Gasteiger partial charge < -0.3 is 15.4 Å². The molecular formula is C13H17N3O2. The summed E-state index contributed by atoms with van der Waals surface area (Å²) < 4.78 is 5.71. The Labute approximate surface area is 106 Å². The standard InChI is InChI=1S/C13H17N3O2/c1-14-8-2-4-10(15-7-8)13(17)16-11-6-9-3-5-12(11)18-9/h2,4,7,9,11-12,14H,3,5-6H2,1H3,(H,16,17). The molecule has 3 heterocycles. The van der Waals surface area contributed by atoms with Gasteiger partial charge in [-0.2, -0.15) is 0 Å². The fourth-order valence-corrected chi connectivity index (χ4v) is 2.71. The molecule has 0 aromatic carbocycles. The van der Waals surface area contributed by atoms with Gasteiger partial charge in [-0.05, 0) is 31.4 Å². The lowest BCUT2D eigenvalue weighted by Gasteiger charge is -2.19. The summed E-state index contributed by atoms with van der Waals surface area (Å²) in [6, 6.07) is 3.73. The number of pyridine rings is 1. The number of rotatable bonds is 3. The van der Waals surface area contributed by atoms with Crippen molar-refractivity contribution in [2.24, 2.45) is 0 Å². The van der Waals surface area contributed by atoms with Gasteiger partial charge in [-0.1, -0.05) is 0 Å². The highest BCUT2D eigenvalue weighted by atomic mass is 16.5. The predicted molar refractivity (Wildman–Crippen MR) is 67.5 cm³/mol. The van der Waals surface area contributed by atoms with Crippen LogP contribution >= 0.6 is 0 Å². The Bertz CT molecular complexity index is 446. The first-order chi connectivity index (χ1) is 8.76. The zero-order valence-corrected chi connectivity index (χ0v) is 10.3. The van der Waals surface area contributed by atoms with Crippen molar-refractivity contribution in [3.63, 3.8) is 0 Å². The van der Waals surface area contributed by atoms with Gasteiger partial charge in [0.05, 0.1) is 30.1 Å². The molecule has 2 fully saturated rings. The molecule has 2 saturated heterocycles. The molecule has 0 saturated carbocycles. The number of ether oxygens (including phenoxy) is 1. The Morgan fingerprint density at radius 3 is 2.89 bits per heavy atom. The zero-order chi connectivity index (χ0) is 12.5. The molecule has 5 nitrogen and oxygen atoms in total. The molecule has 1 aromatic heterocycles. The molecular weight excluding hydrogens is 230 g/mol. The number of amides is 1. The van der Waals surface area contributed by atoms with Crippen molar-refractivity contribution >= 4 is 11.6 Å². The maximum Gasteiger partial charge on any atom is 0.270 e. The summed E-state index contributed by atoms with van der Waals surface area (Å²) in [7, 11) is 1.82. The molecule has 2 bridgehead atoms. The van der Waals surface area contributed by atoms with E-state index in [2.05, 4.69) is 15.6 Å². The minimum absolute atomic E-state index is 0.112. The molecule has 2 N–H and O–H groups in total. The van der Waals surface area contributed by atoms with Gasteiger partial charge in [0, 0.05) is 7.05 Å². The molecule has 3 unspecified atom stereocenters. The van der Waals surface area contributed by atoms with Crippen molar-refractivity contribution in [2.75, 3.05) is 12.4 Å². The van der Waals surface area contributed by atoms with Gasteiger partial charge in [0.1, 0.15) is 5.69 Å². The van der Waals surface area contributed by atoms with Crippen molar-refractivity contribution in [1.82, 2.24) is 10.3 Å². The van der Waals surface area contributed by atoms with E-state index in [1.54, 1.807) is 12.3 Å². The minimum Gasteiger partial charge on any atom is -0.387 e. The average Bonchev–Trinajstić information content (AvgIpc) is 3.01. The molecule has 18 heavy (non-hydrogen) atoms. The summed E-state index contributed by atoms with van der Waals surface area (Å²) >= 11 is 0. The number of carbonyl (C=O) groups excluding carboxylic acids is 1. The van der Waals surface area contributed by atoms with Gasteiger partial charge in [0.15, 0.2) is 0 Å². The van der Waals surface area contributed by atoms with E-state index in [-0.39, 0.29) is 18.1 Å². The van der Waals surface area contributed by atoms with Crippen LogP contribution in [0.3, 0.4) is 0 Å². The highest BCUT2D eigenvalue weighted by Crippen LogP contribution is 2.34. The van der Waals surface area contributed by atoms with Gasteiger partial charge in [-0.15, -0.1) is 0 Å². The first kappa shape index (κ1) is 11.5. The van der Waals surface area contributed by atoms with Crippen LogP contribution in [0, 0.1) is 0 Å². The third-order valence-corrected chi connectivity index (χ3v) is 3.71. The van der Waals surface area contributed by atoms with Crippen molar-refractivity contribution in [3.05, 3.63) is 24.0 Å². The second kappa shape index (κ2) is 4.57. The second-order valence-electron chi connectivity index (χ2n) is 4.87. The van der Waals surface area contributed by atoms with Crippen LogP contribution in [0.4, 0.5) is 5.69 Å². The first-order valence-electron chi connectivity index (χ1n) is 6.36. The van der Waals surface area contributed by atoms with Gasteiger partial charge in [-0.25, -0.2) is 4.98 Å². The first-order valence-corrected chi connectivity index (χ1v) is 6.36. The highest BCUT2D eigenvalue weighted by Gasteiger charge is 2.41. The van der Waals surface area contributed by atoms with Crippen molar-refractivity contribution in [2.45, 2.75) is 37.5 Å².